The lowest BCUT2D eigenvalue weighted by molar-refractivity contribution is -0.129. The van der Waals surface area contributed by atoms with Gasteiger partial charge in [0.15, 0.2) is 0 Å². The standard InChI is InChI=1S/C16H22N4O3/c1-10(2)20-9-14(8-15(20)22)19-16(23)18-13-6-4-12(5-7-13)17-11(3)21/h4-7,10,14H,8-9H2,1-3H3,(H,17,21)(H2,18,19,23). The van der Waals surface area contributed by atoms with Crippen molar-refractivity contribution >= 4 is 29.2 Å². The largest absolute Gasteiger partial charge is 0.338 e. The molecule has 0 aliphatic carbocycles. The van der Waals surface area contributed by atoms with Gasteiger partial charge in [-0.25, -0.2) is 4.79 Å². The maximum Gasteiger partial charge on any atom is 0.319 e. The Morgan fingerprint density at radius 1 is 1.13 bits per heavy atom. The Kier molecular flexibility index (Phi) is 5.20. The van der Waals surface area contributed by atoms with Gasteiger partial charge in [0.25, 0.3) is 0 Å². The Labute approximate surface area is 135 Å². The van der Waals surface area contributed by atoms with Crippen LogP contribution >= 0.6 is 0 Å². The van der Waals surface area contributed by atoms with Crippen LogP contribution in [0.4, 0.5) is 16.2 Å². The van der Waals surface area contributed by atoms with E-state index in [1.54, 1.807) is 29.2 Å². The van der Waals surface area contributed by atoms with Crippen molar-refractivity contribution in [3.63, 3.8) is 0 Å². The predicted molar refractivity (Wildman–Crippen MR) is 88.2 cm³/mol. The molecule has 1 unspecified atom stereocenters. The molecule has 2 rings (SSSR count). The lowest BCUT2D eigenvalue weighted by Crippen LogP contribution is -2.40. The molecule has 7 nitrogen and oxygen atoms in total. The molecule has 0 bridgehead atoms. The summed E-state index contributed by atoms with van der Waals surface area (Å²) in [4.78, 5) is 36.5. The average molecular weight is 318 g/mol. The fraction of sp³-hybridized carbons (Fsp3) is 0.438. The van der Waals surface area contributed by atoms with Gasteiger partial charge in [-0.2, -0.15) is 0 Å². The van der Waals surface area contributed by atoms with Crippen molar-refractivity contribution < 1.29 is 14.4 Å². The molecule has 1 heterocycles. The van der Waals surface area contributed by atoms with E-state index in [0.717, 1.165) is 0 Å². The first-order valence-electron chi connectivity index (χ1n) is 7.60. The van der Waals surface area contributed by atoms with Crippen molar-refractivity contribution in [2.45, 2.75) is 39.3 Å². The van der Waals surface area contributed by atoms with Gasteiger partial charge in [0.1, 0.15) is 0 Å². The third-order valence-corrected chi connectivity index (χ3v) is 3.58. The van der Waals surface area contributed by atoms with Crippen LogP contribution < -0.4 is 16.0 Å². The summed E-state index contributed by atoms with van der Waals surface area (Å²) >= 11 is 0. The molecule has 0 saturated carbocycles. The van der Waals surface area contributed by atoms with Crippen LogP contribution in [0.3, 0.4) is 0 Å². The number of nitrogens with zero attached hydrogens (tertiary/aromatic N) is 1. The first kappa shape index (κ1) is 16.8. The van der Waals surface area contributed by atoms with Crippen molar-refractivity contribution in [3.05, 3.63) is 24.3 Å². The summed E-state index contributed by atoms with van der Waals surface area (Å²) in [6.07, 6.45) is 0.326. The average Bonchev–Trinajstić information content (AvgIpc) is 2.81. The van der Waals surface area contributed by atoms with Gasteiger partial charge in [-0.15, -0.1) is 0 Å². The van der Waals surface area contributed by atoms with E-state index in [1.807, 2.05) is 13.8 Å². The van der Waals surface area contributed by atoms with Crippen molar-refractivity contribution in [1.82, 2.24) is 10.2 Å². The van der Waals surface area contributed by atoms with Gasteiger partial charge in [-0.3, -0.25) is 9.59 Å². The molecule has 7 heteroatoms. The summed E-state index contributed by atoms with van der Waals surface area (Å²) in [5, 5.41) is 8.18. The monoisotopic (exact) mass is 318 g/mol. The van der Waals surface area contributed by atoms with E-state index < -0.39 is 0 Å². The number of amides is 4. The normalized spacial score (nSPS) is 17.3. The third-order valence-electron chi connectivity index (χ3n) is 3.58. The van der Waals surface area contributed by atoms with Crippen LogP contribution in [0.15, 0.2) is 24.3 Å². The van der Waals surface area contributed by atoms with Gasteiger partial charge in [-0.05, 0) is 38.1 Å². The van der Waals surface area contributed by atoms with Crippen molar-refractivity contribution in [2.24, 2.45) is 0 Å². The van der Waals surface area contributed by atoms with Gasteiger partial charge in [0.05, 0.1) is 6.04 Å². The number of anilines is 2. The number of hydrogen-bond acceptors (Lipinski definition) is 3. The highest BCUT2D eigenvalue weighted by Gasteiger charge is 2.31. The number of carbonyl (C=O) groups excluding carboxylic acids is 3. The number of carbonyl (C=O) groups is 3. The second kappa shape index (κ2) is 7.13. The van der Waals surface area contributed by atoms with Crippen molar-refractivity contribution in [1.29, 1.82) is 0 Å². The number of rotatable bonds is 4. The zero-order valence-electron chi connectivity index (χ0n) is 13.6. The van der Waals surface area contributed by atoms with Crippen molar-refractivity contribution in [2.75, 3.05) is 17.2 Å². The summed E-state index contributed by atoms with van der Waals surface area (Å²) in [6, 6.07) is 6.42. The molecule has 23 heavy (non-hydrogen) atoms. The van der Waals surface area contributed by atoms with Gasteiger partial charge in [-0.1, -0.05) is 0 Å². The van der Waals surface area contributed by atoms with E-state index in [1.165, 1.54) is 6.92 Å². The van der Waals surface area contributed by atoms with E-state index in [2.05, 4.69) is 16.0 Å². The van der Waals surface area contributed by atoms with Gasteiger partial charge in [0.2, 0.25) is 11.8 Å². The van der Waals surface area contributed by atoms with Gasteiger partial charge >= 0.3 is 6.03 Å². The molecule has 1 atom stereocenters. The Hall–Kier alpha value is -2.57. The lowest BCUT2D eigenvalue weighted by Gasteiger charge is -2.21. The molecule has 1 fully saturated rings. The second-order valence-electron chi connectivity index (χ2n) is 5.90. The van der Waals surface area contributed by atoms with E-state index >= 15 is 0 Å². The smallest absolute Gasteiger partial charge is 0.319 e. The molecule has 3 N–H and O–H groups in total. The Bertz CT molecular complexity index is 598. The van der Waals surface area contributed by atoms with Crippen LogP contribution in [0.1, 0.15) is 27.2 Å². The van der Waals surface area contributed by atoms with Crippen LogP contribution in [-0.4, -0.2) is 41.4 Å². The molecule has 1 aromatic carbocycles. The molecule has 1 aliphatic heterocycles. The molecule has 4 amide bonds. The zero-order chi connectivity index (χ0) is 17.0. The first-order valence-corrected chi connectivity index (χ1v) is 7.60. The minimum absolute atomic E-state index is 0.0601. The first-order chi connectivity index (χ1) is 10.8. The number of benzene rings is 1. The fourth-order valence-corrected chi connectivity index (χ4v) is 2.52. The molecule has 1 aromatic rings. The van der Waals surface area contributed by atoms with E-state index in [-0.39, 0.29) is 29.9 Å². The van der Waals surface area contributed by atoms with E-state index in [4.69, 9.17) is 0 Å². The van der Waals surface area contributed by atoms with Gasteiger partial charge < -0.3 is 20.9 Å². The van der Waals surface area contributed by atoms with E-state index in [0.29, 0.717) is 24.3 Å². The lowest BCUT2D eigenvalue weighted by atomic mass is 10.2. The maximum atomic E-state index is 12.0. The van der Waals surface area contributed by atoms with E-state index in [9.17, 15) is 14.4 Å². The summed E-state index contributed by atoms with van der Waals surface area (Å²) < 4.78 is 0. The highest BCUT2D eigenvalue weighted by molar-refractivity contribution is 5.92. The topological polar surface area (TPSA) is 90.5 Å². The molecule has 1 saturated heterocycles. The Morgan fingerprint density at radius 2 is 1.70 bits per heavy atom. The molecule has 0 radical (unpaired) electrons. The molecular formula is C16H22N4O3. The SMILES string of the molecule is CC(=O)Nc1ccc(NC(=O)NC2CC(=O)N(C(C)C)C2)cc1. The van der Waals surface area contributed by atoms with Crippen LogP contribution in [-0.2, 0) is 9.59 Å². The molecule has 1 aliphatic rings. The van der Waals surface area contributed by atoms with Crippen LogP contribution in [0.2, 0.25) is 0 Å². The minimum atomic E-state index is -0.347. The number of hydrogen-bond donors (Lipinski definition) is 3. The zero-order valence-corrected chi connectivity index (χ0v) is 13.6. The van der Waals surface area contributed by atoms with Crippen LogP contribution in [0.25, 0.3) is 0 Å². The molecule has 0 aromatic heterocycles. The summed E-state index contributed by atoms with van der Waals surface area (Å²) in [7, 11) is 0. The van der Waals surface area contributed by atoms with Crippen LogP contribution in [0.5, 0.6) is 0 Å². The fourth-order valence-electron chi connectivity index (χ4n) is 2.52. The highest BCUT2D eigenvalue weighted by Crippen LogP contribution is 2.16. The van der Waals surface area contributed by atoms with Gasteiger partial charge in [0, 0.05) is 37.3 Å². The molecule has 124 valence electrons. The second-order valence-corrected chi connectivity index (χ2v) is 5.90. The number of nitrogens with one attached hydrogen (secondary N) is 3. The highest BCUT2D eigenvalue weighted by atomic mass is 16.2. The predicted octanol–water partition coefficient (Wildman–Crippen LogP) is 1.78. The molecule has 0 spiro atoms. The number of urea groups is 1. The molecular weight excluding hydrogens is 296 g/mol. The van der Waals surface area contributed by atoms with Crippen molar-refractivity contribution in [3.8, 4) is 0 Å². The number of likely N-dealkylation sites (tertiary alicyclic amines) is 1. The maximum absolute atomic E-state index is 12.0. The summed E-state index contributed by atoms with van der Waals surface area (Å²) in [6.45, 7) is 5.88. The minimum Gasteiger partial charge on any atom is -0.338 e. The quantitative estimate of drug-likeness (QED) is 0.790. The third kappa shape index (κ3) is 4.70. The van der Waals surface area contributed by atoms with Crippen LogP contribution in [0, 0.1) is 0 Å². The summed E-state index contributed by atoms with van der Waals surface area (Å²) in [5.41, 5.74) is 1.28. The Balaban J connectivity index is 1.85. The summed E-state index contributed by atoms with van der Waals surface area (Å²) in [5.74, 6) is -0.0889. The Morgan fingerprint density at radius 3 is 2.17 bits per heavy atom.